The van der Waals surface area contributed by atoms with E-state index in [1.165, 1.54) is 34.1 Å². The minimum absolute atomic E-state index is 0.244. The highest BCUT2D eigenvalue weighted by Gasteiger charge is 2.14. The maximum absolute atomic E-state index is 12.5. The molecule has 7 aromatic rings. The van der Waals surface area contributed by atoms with E-state index < -0.39 is 6.03 Å². The number of anilines is 2. The number of nitrogen functional groups attached to an aromatic ring is 1. The van der Waals surface area contributed by atoms with Crippen molar-refractivity contribution in [2.45, 2.75) is 6.54 Å². The average Bonchev–Trinajstić information content (AvgIpc) is 3.94. The third-order valence-corrected chi connectivity index (χ3v) is 7.22. The average molecular weight is 732 g/mol. The summed E-state index contributed by atoms with van der Waals surface area (Å²) in [4.78, 5) is 20.8. The second-order valence-electron chi connectivity index (χ2n) is 10.9. The van der Waals surface area contributed by atoms with Crippen molar-refractivity contribution in [1.82, 2.24) is 35.7 Å². The van der Waals surface area contributed by atoms with Gasteiger partial charge in [-0.3, -0.25) is 9.97 Å². The van der Waals surface area contributed by atoms with Gasteiger partial charge in [0.25, 0.3) is 11.8 Å². The first kappa shape index (κ1) is 36.1. The minimum atomic E-state index is -0.390. The highest BCUT2D eigenvalue weighted by atomic mass is 16.5. The molecule has 17 nitrogen and oxygen atoms in total. The molecule has 17 heteroatoms. The smallest absolute Gasteiger partial charge is 0.319 e. The summed E-state index contributed by atoms with van der Waals surface area (Å²) in [6, 6.07) is 24.2. The summed E-state index contributed by atoms with van der Waals surface area (Å²) >= 11 is 0. The molecule has 0 spiro atoms. The molecule has 0 unspecified atom stereocenters. The standard InChI is InChI=1S/C24H23N5O6.C13H10N4O2/c1-31-20-9-15(10-21(32-2)22(20)33-3)13-26-24(30)28-16-5-4-6-17(11-16)35-18-7-8-25-19(12-18)23-29-27-14-34-23;14-9-2-1-3-10(6-9)19-11-4-5-15-12(7-11)13-17-16-8-18-13/h4-12,14H,13H2,1-3H3,(H2,26,28,30);1-8H,14H2. The number of hydrogen-bond acceptors (Lipinski definition) is 15. The Kier molecular flexibility index (Phi) is 11.7. The maximum Gasteiger partial charge on any atom is 0.319 e. The number of pyridine rings is 2. The predicted octanol–water partition coefficient (Wildman–Crippen LogP) is 6.78. The lowest BCUT2D eigenvalue weighted by molar-refractivity contribution is 0.251. The number of carbonyl (C=O) groups is 1. The number of hydrogen-bond donors (Lipinski definition) is 3. The summed E-state index contributed by atoms with van der Waals surface area (Å²) in [7, 11) is 4.60. The number of urea groups is 1. The second kappa shape index (κ2) is 17.5. The molecule has 0 radical (unpaired) electrons. The maximum atomic E-state index is 12.5. The van der Waals surface area contributed by atoms with Gasteiger partial charge >= 0.3 is 6.03 Å². The van der Waals surface area contributed by atoms with Crippen molar-refractivity contribution in [1.29, 1.82) is 0 Å². The van der Waals surface area contributed by atoms with E-state index in [9.17, 15) is 4.79 Å². The van der Waals surface area contributed by atoms with E-state index in [4.69, 9.17) is 38.3 Å². The number of nitrogens with one attached hydrogen (secondary N) is 2. The van der Waals surface area contributed by atoms with E-state index in [0.717, 1.165) is 5.56 Å². The fraction of sp³-hybridized carbons (Fsp3) is 0.108. The summed E-state index contributed by atoms with van der Waals surface area (Å²) < 4.78 is 37.9. The Morgan fingerprint density at radius 2 is 1.24 bits per heavy atom. The van der Waals surface area contributed by atoms with Gasteiger partial charge in [-0.25, -0.2) is 4.79 Å². The number of aromatic nitrogens is 6. The Morgan fingerprint density at radius 3 is 1.76 bits per heavy atom. The molecule has 4 N–H and O–H groups in total. The van der Waals surface area contributed by atoms with Crippen LogP contribution < -0.4 is 40.1 Å². The summed E-state index contributed by atoms with van der Waals surface area (Å²) in [6.07, 6.45) is 5.67. The highest BCUT2D eigenvalue weighted by molar-refractivity contribution is 5.89. The Bertz CT molecular complexity index is 2260. The molecule has 0 bridgehead atoms. The fourth-order valence-corrected chi connectivity index (χ4v) is 4.84. The van der Waals surface area contributed by atoms with E-state index in [2.05, 4.69) is 41.0 Å². The second-order valence-corrected chi connectivity index (χ2v) is 10.9. The van der Waals surface area contributed by atoms with Crippen molar-refractivity contribution < 1.29 is 37.3 Å². The zero-order valence-corrected chi connectivity index (χ0v) is 29.1. The molecule has 7 rings (SSSR count). The Hall–Kier alpha value is -7.69. The van der Waals surface area contributed by atoms with Gasteiger partial charge in [-0.2, -0.15) is 0 Å². The molecular weight excluding hydrogens is 698 g/mol. The molecule has 2 amide bonds. The van der Waals surface area contributed by atoms with Crippen molar-refractivity contribution >= 4 is 17.4 Å². The molecule has 4 aromatic heterocycles. The van der Waals surface area contributed by atoms with Gasteiger partial charge in [-0.1, -0.05) is 12.1 Å². The van der Waals surface area contributed by atoms with E-state index in [1.54, 1.807) is 85.2 Å². The zero-order valence-electron chi connectivity index (χ0n) is 29.1. The Balaban J connectivity index is 0.000000219. The van der Waals surface area contributed by atoms with Crippen LogP contribution in [0.2, 0.25) is 0 Å². The van der Waals surface area contributed by atoms with E-state index in [1.807, 2.05) is 12.1 Å². The van der Waals surface area contributed by atoms with Crippen LogP contribution in [0.5, 0.6) is 40.2 Å². The van der Waals surface area contributed by atoms with Crippen molar-refractivity contribution in [2.75, 3.05) is 32.4 Å². The van der Waals surface area contributed by atoms with Gasteiger partial charge in [0.05, 0.1) is 21.3 Å². The van der Waals surface area contributed by atoms with Crippen LogP contribution in [-0.4, -0.2) is 57.7 Å². The largest absolute Gasteiger partial charge is 0.493 e. The number of benzene rings is 3. The normalized spacial score (nSPS) is 10.4. The predicted molar refractivity (Wildman–Crippen MR) is 194 cm³/mol. The van der Waals surface area contributed by atoms with Crippen LogP contribution in [0, 0.1) is 0 Å². The quantitative estimate of drug-likeness (QED) is 0.110. The van der Waals surface area contributed by atoms with Gasteiger partial charge in [0.15, 0.2) is 11.5 Å². The summed E-state index contributed by atoms with van der Waals surface area (Å²) in [5.41, 5.74) is 8.71. The first-order valence-corrected chi connectivity index (χ1v) is 16.0. The molecule has 4 heterocycles. The number of nitrogens with zero attached hydrogens (tertiary/aromatic N) is 6. The lowest BCUT2D eigenvalue weighted by Gasteiger charge is -2.15. The van der Waals surface area contributed by atoms with Crippen molar-refractivity contribution in [3.05, 3.63) is 116 Å². The van der Waals surface area contributed by atoms with Crippen LogP contribution >= 0.6 is 0 Å². The molecule has 0 aliphatic heterocycles. The molecule has 0 aliphatic rings. The number of nitrogens with two attached hydrogens (primary N) is 1. The number of methoxy groups -OCH3 is 3. The third kappa shape index (κ3) is 9.55. The minimum Gasteiger partial charge on any atom is -0.493 e. The molecular formula is C37H33N9O8. The highest BCUT2D eigenvalue weighted by Crippen LogP contribution is 2.38. The summed E-state index contributed by atoms with van der Waals surface area (Å²) in [5.74, 6) is 4.45. The number of carbonyl (C=O) groups excluding carboxylic acids is 1. The lowest BCUT2D eigenvalue weighted by Crippen LogP contribution is -2.28. The van der Waals surface area contributed by atoms with Crippen LogP contribution in [0.25, 0.3) is 23.2 Å². The summed E-state index contributed by atoms with van der Waals surface area (Å²) in [6.45, 7) is 0.244. The zero-order chi connectivity index (χ0) is 37.7. The monoisotopic (exact) mass is 731 g/mol. The SMILES string of the molecule is COc1cc(CNC(=O)Nc2cccc(Oc3ccnc(-c4nnco4)c3)c2)cc(OC)c1OC.Nc1cccc(Oc2ccnc(-c3nnco3)c2)c1. The lowest BCUT2D eigenvalue weighted by atomic mass is 10.2. The molecule has 0 saturated carbocycles. The Morgan fingerprint density at radius 1 is 0.685 bits per heavy atom. The van der Waals surface area contributed by atoms with Gasteiger partial charge < -0.3 is 48.9 Å². The molecule has 0 saturated heterocycles. The molecule has 54 heavy (non-hydrogen) atoms. The van der Waals surface area contributed by atoms with Crippen molar-refractivity contribution in [3.8, 4) is 63.4 Å². The number of rotatable bonds is 12. The van der Waals surface area contributed by atoms with Crippen LogP contribution in [0.4, 0.5) is 16.2 Å². The summed E-state index contributed by atoms with van der Waals surface area (Å²) in [5, 5.41) is 20.5. The van der Waals surface area contributed by atoms with Gasteiger partial charge in [-0.15, -0.1) is 20.4 Å². The van der Waals surface area contributed by atoms with Crippen LogP contribution in [0.1, 0.15) is 5.56 Å². The van der Waals surface area contributed by atoms with Gasteiger partial charge in [0.1, 0.15) is 34.4 Å². The first-order valence-electron chi connectivity index (χ1n) is 16.0. The van der Waals surface area contributed by atoms with Gasteiger partial charge in [0, 0.05) is 54.6 Å². The van der Waals surface area contributed by atoms with Crippen LogP contribution in [0.15, 0.2) is 119 Å². The molecule has 274 valence electrons. The molecule has 0 fully saturated rings. The van der Waals surface area contributed by atoms with Crippen LogP contribution in [0.3, 0.4) is 0 Å². The Labute approximate surface area is 308 Å². The van der Waals surface area contributed by atoms with Crippen molar-refractivity contribution in [2.24, 2.45) is 0 Å². The van der Waals surface area contributed by atoms with Gasteiger partial charge in [-0.05, 0) is 54.1 Å². The van der Waals surface area contributed by atoms with Crippen molar-refractivity contribution in [3.63, 3.8) is 0 Å². The number of amides is 2. The van der Waals surface area contributed by atoms with E-state index >= 15 is 0 Å². The first-order chi connectivity index (χ1) is 26.4. The number of ether oxygens (including phenoxy) is 5. The fourth-order valence-electron chi connectivity index (χ4n) is 4.84. The molecule has 0 atom stereocenters. The van der Waals surface area contributed by atoms with E-state index in [0.29, 0.717) is 68.9 Å². The topological polar surface area (TPSA) is 217 Å². The molecule has 0 aliphatic carbocycles. The third-order valence-electron chi connectivity index (χ3n) is 7.22. The van der Waals surface area contributed by atoms with Crippen LogP contribution in [-0.2, 0) is 6.54 Å². The van der Waals surface area contributed by atoms with Gasteiger partial charge in [0.2, 0.25) is 18.5 Å². The molecule has 3 aromatic carbocycles. The van der Waals surface area contributed by atoms with E-state index in [-0.39, 0.29) is 12.4 Å².